The van der Waals surface area contributed by atoms with Gasteiger partial charge in [0.15, 0.2) is 9.84 Å². The zero-order chi connectivity index (χ0) is 18.3. The van der Waals surface area contributed by atoms with Crippen LogP contribution in [-0.4, -0.2) is 27.2 Å². The quantitative estimate of drug-likeness (QED) is 0.665. The molecular formula is C21H16O4S. The van der Waals surface area contributed by atoms with Crippen LogP contribution in [0.1, 0.15) is 11.1 Å². The van der Waals surface area contributed by atoms with Crippen molar-refractivity contribution in [3.63, 3.8) is 0 Å². The maximum Gasteiger partial charge on any atom is 0.339 e. The molecule has 26 heavy (non-hydrogen) atoms. The smallest absolute Gasteiger partial charge is 0.339 e. The van der Waals surface area contributed by atoms with Gasteiger partial charge in [0.25, 0.3) is 0 Å². The summed E-state index contributed by atoms with van der Waals surface area (Å²) in [5, 5.41) is 2.14. The lowest BCUT2D eigenvalue weighted by molar-refractivity contribution is -0.133. The van der Waals surface area contributed by atoms with Crippen LogP contribution < -0.4 is 0 Å². The van der Waals surface area contributed by atoms with Crippen LogP contribution in [0.15, 0.2) is 71.6 Å². The van der Waals surface area contributed by atoms with Gasteiger partial charge in [0.2, 0.25) is 0 Å². The van der Waals surface area contributed by atoms with E-state index in [1.165, 1.54) is 6.26 Å². The van der Waals surface area contributed by atoms with Crippen molar-refractivity contribution >= 4 is 37.7 Å². The van der Waals surface area contributed by atoms with Crippen LogP contribution in [0.3, 0.4) is 0 Å². The molecule has 0 saturated carbocycles. The topological polar surface area (TPSA) is 60.4 Å². The van der Waals surface area contributed by atoms with Gasteiger partial charge in [-0.05, 0) is 40.1 Å². The number of carbonyl (C=O) groups is 1. The molecule has 0 atom stereocenters. The number of ether oxygens (including phenoxy) is 1. The van der Waals surface area contributed by atoms with E-state index in [1.54, 1.807) is 24.3 Å². The van der Waals surface area contributed by atoms with Crippen LogP contribution in [-0.2, 0) is 19.4 Å². The molecule has 0 unspecified atom stereocenters. The molecule has 1 heterocycles. The van der Waals surface area contributed by atoms with Gasteiger partial charge in [-0.3, -0.25) is 0 Å². The molecule has 3 aromatic rings. The fourth-order valence-corrected chi connectivity index (χ4v) is 3.80. The Morgan fingerprint density at radius 2 is 1.50 bits per heavy atom. The van der Waals surface area contributed by atoms with Crippen LogP contribution in [0.4, 0.5) is 0 Å². The van der Waals surface area contributed by atoms with E-state index < -0.39 is 9.84 Å². The van der Waals surface area contributed by atoms with Crippen LogP contribution in [0.5, 0.6) is 0 Å². The van der Waals surface area contributed by atoms with Gasteiger partial charge in [0.1, 0.15) is 6.61 Å². The standard InChI is InChI=1S/C21H16O4S/c1-26(23,24)18-10-8-15(9-11-18)19-13-25-21(22)20(19)17-7-6-14-4-2-3-5-16(14)12-17/h2-12H,13H2,1H3. The number of fused-ring (bicyclic) bond motifs is 1. The van der Waals surface area contributed by atoms with E-state index in [0.717, 1.165) is 27.5 Å². The summed E-state index contributed by atoms with van der Waals surface area (Å²) < 4.78 is 28.5. The first-order valence-corrected chi connectivity index (χ1v) is 10.0. The molecule has 0 N–H and O–H groups in total. The molecule has 0 spiro atoms. The molecule has 5 heteroatoms. The van der Waals surface area contributed by atoms with E-state index in [2.05, 4.69) is 0 Å². The van der Waals surface area contributed by atoms with Crippen molar-refractivity contribution in [2.75, 3.05) is 12.9 Å². The fraction of sp³-hybridized carbons (Fsp3) is 0.0952. The molecule has 4 rings (SSSR count). The van der Waals surface area contributed by atoms with E-state index in [4.69, 9.17) is 4.74 Å². The number of cyclic esters (lactones) is 1. The van der Waals surface area contributed by atoms with Crippen molar-refractivity contribution < 1.29 is 17.9 Å². The van der Waals surface area contributed by atoms with Crippen molar-refractivity contribution in [3.05, 3.63) is 77.9 Å². The van der Waals surface area contributed by atoms with Crippen molar-refractivity contribution in [2.24, 2.45) is 0 Å². The Labute approximate surface area is 151 Å². The van der Waals surface area contributed by atoms with E-state index in [0.29, 0.717) is 5.57 Å². The molecule has 130 valence electrons. The van der Waals surface area contributed by atoms with E-state index in [-0.39, 0.29) is 17.5 Å². The number of sulfone groups is 1. The van der Waals surface area contributed by atoms with Gasteiger partial charge in [0, 0.05) is 11.8 Å². The highest BCUT2D eigenvalue weighted by molar-refractivity contribution is 7.90. The first-order valence-electron chi connectivity index (χ1n) is 8.13. The third kappa shape index (κ3) is 2.91. The van der Waals surface area contributed by atoms with E-state index in [1.807, 2.05) is 42.5 Å². The average Bonchev–Trinajstić information content (AvgIpc) is 3.02. The number of rotatable bonds is 3. The molecule has 0 aromatic heterocycles. The summed E-state index contributed by atoms with van der Waals surface area (Å²) in [4.78, 5) is 12.6. The highest BCUT2D eigenvalue weighted by Crippen LogP contribution is 2.34. The first-order chi connectivity index (χ1) is 12.4. The Morgan fingerprint density at radius 1 is 0.846 bits per heavy atom. The molecule has 0 saturated heterocycles. The SMILES string of the molecule is CS(=O)(=O)c1ccc(C2=C(c3ccc4ccccc4c3)C(=O)OC2)cc1. The molecule has 0 bridgehead atoms. The molecule has 0 amide bonds. The lowest BCUT2D eigenvalue weighted by atomic mass is 9.95. The Kier molecular flexibility index (Phi) is 3.89. The lowest BCUT2D eigenvalue weighted by Crippen LogP contribution is -1.98. The van der Waals surface area contributed by atoms with Crippen LogP contribution in [0.2, 0.25) is 0 Å². The van der Waals surface area contributed by atoms with Crippen LogP contribution >= 0.6 is 0 Å². The summed E-state index contributed by atoms with van der Waals surface area (Å²) in [6.07, 6.45) is 1.17. The average molecular weight is 364 g/mol. The van der Waals surface area contributed by atoms with Gasteiger partial charge in [-0.25, -0.2) is 13.2 Å². The van der Waals surface area contributed by atoms with Gasteiger partial charge in [-0.2, -0.15) is 0 Å². The summed E-state index contributed by atoms with van der Waals surface area (Å²) in [5.74, 6) is -0.359. The fourth-order valence-electron chi connectivity index (χ4n) is 3.17. The second kappa shape index (κ2) is 6.11. The summed E-state index contributed by atoms with van der Waals surface area (Å²) in [5.41, 5.74) is 2.88. The minimum absolute atomic E-state index is 0.180. The minimum atomic E-state index is -3.26. The molecule has 0 fully saturated rings. The van der Waals surface area contributed by atoms with Crippen LogP contribution in [0.25, 0.3) is 21.9 Å². The number of esters is 1. The molecule has 1 aliphatic rings. The van der Waals surface area contributed by atoms with Gasteiger partial charge in [0.05, 0.1) is 10.5 Å². The predicted octanol–water partition coefficient (Wildman–Crippen LogP) is 3.71. The van der Waals surface area contributed by atoms with Crippen molar-refractivity contribution in [2.45, 2.75) is 4.90 Å². The van der Waals surface area contributed by atoms with E-state index in [9.17, 15) is 13.2 Å². The van der Waals surface area contributed by atoms with Crippen molar-refractivity contribution in [3.8, 4) is 0 Å². The second-order valence-electron chi connectivity index (χ2n) is 6.29. The summed E-state index contributed by atoms with van der Waals surface area (Å²) in [7, 11) is -3.26. The third-order valence-electron chi connectivity index (χ3n) is 4.52. The maximum absolute atomic E-state index is 12.3. The summed E-state index contributed by atoms with van der Waals surface area (Å²) in [6.45, 7) is 0.180. The highest BCUT2D eigenvalue weighted by Gasteiger charge is 2.27. The first kappa shape index (κ1) is 16.5. The lowest BCUT2D eigenvalue weighted by Gasteiger charge is -2.07. The Bertz CT molecular complexity index is 1160. The third-order valence-corrected chi connectivity index (χ3v) is 5.65. The Hall–Kier alpha value is -2.92. The minimum Gasteiger partial charge on any atom is -0.457 e. The zero-order valence-corrected chi connectivity index (χ0v) is 14.9. The van der Waals surface area contributed by atoms with E-state index >= 15 is 0 Å². The van der Waals surface area contributed by atoms with Gasteiger partial charge >= 0.3 is 5.97 Å². The number of benzene rings is 3. The molecule has 1 aliphatic heterocycles. The summed E-state index contributed by atoms with van der Waals surface area (Å²) >= 11 is 0. The normalized spacial score (nSPS) is 14.7. The second-order valence-corrected chi connectivity index (χ2v) is 8.30. The van der Waals surface area contributed by atoms with Gasteiger partial charge in [-0.1, -0.05) is 48.5 Å². The molecule has 0 radical (unpaired) electrons. The van der Waals surface area contributed by atoms with Crippen molar-refractivity contribution in [1.29, 1.82) is 0 Å². The monoisotopic (exact) mass is 364 g/mol. The predicted molar refractivity (Wildman–Crippen MR) is 101 cm³/mol. The molecular weight excluding hydrogens is 348 g/mol. The summed E-state index contributed by atoms with van der Waals surface area (Å²) in [6, 6.07) is 20.4. The number of hydrogen-bond donors (Lipinski definition) is 0. The van der Waals surface area contributed by atoms with Gasteiger partial charge < -0.3 is 4.74 Å². The largest absolute Gasteiger partial charge is 0.457 e. The number of carbonyl (C=O) groups excluding carboxylic acids is 1. The maximum atomic E-state index is 12.3. The van der Waals surface area contributed by atoms with Crippen LogP contribution in [0, 0.1) is 0 Å². The molecule has 3 aromatic carbocycles. The molecule has 4 nitrogen and oxygen atoms in total. The Morgan fingerprint density at radius 3 is 2.19 bits per heavy atom. The zero-order valence-electron chi connectivity index (χ0n) is 14.1. The Balaban J connectivity index is 1.84. The number of hydrogen-bond acceptors (Lipinski definition) is 4. The highest BCUT2D eigenvalue weighted by atomic mass is 32.2. The van der Waals surface area contributed by atoms with Gasteiger partial charge in [-0.15, -0.1) is 0 Å². The van der Waals surface area contributed by atoms with Crippen molar-refractivity contribution in [1.82, 2.24) is 0 Å². The molecule has 0 aliphatic carbocycles.